The van der Waals surface area contributed by atoms with Crippen LogP contribution in [0.5, 0.6) is 0 Å². The highest BCUT2D eigenvalue weighted by molar-refractivity contribution is 5.92. The molecule has 2 aliphatic heterocycles. The Labute approximate surface area is 168 Å². The lowest BCUT2D eigenvalue weighted by atomic mass is 10.1. The van der Waals surface area contributed by atoms with Crippen molar-refractivity contribution >= 4 is 23.8 Å². The summed E-state index contributed by atoms with van der Waals surface area (Å²) in [5.41, 5.74) is 10.9. The molecule has 2 saturated heterocycles. The predicted octanol–water partition coefficient (Wildman–Crippen LogP) is -2.92. The number of carbonyl (C=O) groups is 4. The maximum Gasteiger partial charge on any atom is 0.339 e. The third-order valence-corrected chi connectivity index (χ3v) is 5.20. The number of hydrogen-bond acceptors (Lipinski definition) is 7. The van der Waals surface area contributed by atoms with Crippen molar-refractivity contribution in [1.29, 1.82) is 0 Å². The van der Waals surface area contributed by atoms with E-state index >= 15 is 0 Å². The molecule has 0 aliphatic carbocycles. The number of rotatable bonds is 6. The standard InChI is InChI=1S/C17H30N6O6/c1-9(24)12(18)16(28)22-7-4-8-23(22)17(29)21-6-3-5-11(21)15(27)20-13(10(2)25)14(19)26/h9-13,24-25H,3-8,18H2,1-2H3,(H2,19,26)(H,20,27)/t9-,10-,11+,12+,13+/m1/s1. The van der Waals surface area contributed by atoms with Gasteiger partial charge in [-0.3, -0.25) is 14.4 Å². The van der Waals surface area contributed by atoms with Gasteiger partial charge >= 0.3 is 6.03 Å². The molecule has 5 amide bonds. The summed E-state index contributed by atoms with van der Waals surface area (Å²) in [5.74, 6) is -2.06. The van der Waals surface area contributed by atoms with E-state index in [9.17, 15) is 29.4 Å². The number of amides is 5. The highest BCUT2D eigenvalue weighted by Gasteiger charge is 2.42. The Morgan fingerprint density at radius 2 is 1.62 bits per heavy atom. The van der Waals surface area contributed by atoms with Crippen LogP contribution >= 0.6 is 0 Å². The minimum atomic E-state index is -1.27. The number of aliphatic hydroxyl groups is 2. The molecule has 0 aromatic carbocycles. The number of urea groups is 1. The number of likely N-dealkylation sites (tertiary alicyclic amines) is 1. The normalized spacial score (nSPS) is 23.5. The Bertz CT molecular complexity index is 656. The van der Waals surface area contributed by atoms with Gasteiger partial charge in [0.25, 0.3) is 5.91 Å². The van der Waals surface area contributed by atoms with E-state index in [2.05, 4.69) is 5.32 Å². The molecule has 0 unspecified atom stereocenters. The molecule has 2 fully saturated rings. The molecule has 164 valence electrons. The quantitative estimate of drug-likeness (QED) is 0.308. The minimum Gasteiger partial charge on any atom is -0.391 e. The van der Waals surface area contributed by atoms with Gasteiger partial charge in [-0.1, -0.05) is 0 Å². The van der Waals surface area contributed by atoms with Gasteiger partial charge in [0.05, 0.1) is 12.2 Å². The number of hydrazine groups is 1. The van der Waals surface area contributed by atoms with Gasteiger partial charge in [-0.15, -0.1) is 0 Å². The molecule has 0 bridgehead atoms. The molecule has 5 atom stereocenters. The smallest absolute Gasteiger partial charge is 0.339 e. The fourth-order valence-corrected chi connectivity index (χ4v) is 3.51. The molecule has 0 saturated carbocycles. The van der Waals surface area contributed by atoms with Crippen molar-refractivity contribution in [3.8, 4) is 0 Å². The Morgan fingerprint density at radius 3 is 2.17 bits per heavy atom. The fourth-order valence-electron chi connectivity index (χ4n) is 3.51. The lowest BCUT2D eigenvalue weighted by molar-refractivity contribution is -0.144. The van der Waals surface area contributed by atoms with Crippen molar-refractivity contribution in [2.24, 2.45) is 11.5 Å². The Hall–Kier alpha value is -2.44. The van der Waals surface area contributed by atoms with Crippen molar-refractivity contribution in [3.63, 3.8) is 0 Å². The second kappa shape index (κ2) is 9.37. The number of carbonyl (C=O) groups excluding carboxylic acids is 4. The summed E-state index contributed by atoms with van der Waals surface area (Å²) in [6.07, 6.45) is -0.778. The van der Waals surface area contributed by atoms with Crippen molar-refractivity contribution in [2.45, 2.75) is 63.4 Å². The van der Waals surface area contributed by atoms with Crippen LogP contribution in [0.3, 0.4) is 0 Å². The van der Waals surface area contributed by atoms with Crippen LogP contribution in [0.15, 0.2) is 0 Å². The summed E-state index contributed by atoms with van der Waals surface area (Å²) in [6.45, 7) is 3.57. The van der Waals surface area contributed by atoms with Crippen LogP contribution in [-0.2, 0) is 14.4 Å². The van der Waals surface area contributed by atoms with Crippen LogP contribution in [0.1, 0.15) is 33.1 Å². The zero-order chi connectivity index (χ0) is 21.9. The van der Waals surface area contributed by atoms with E-state index in [1.54, 1.807) is 0 Å². The summed E-state index contributed by atoms with van der Waals surface area (Å²) in [5, 5.41) is 24.0. The van der Waals surface area contributed by atoms with Crippen molar-refractivity contribution in [2.75, 3.05) is 19.6 Å². The molecule has 0 spiro atoms. The van der Waals surface area contributed by atoms with Gasteiger partial charge in [0.2, 0.25) is 11.8 Å². The number of nitrogens with zero attached hydrogens (tertiary/aromatic N) is 3. The van der Waals surface area contributed by atoms with Gasteiger partial charge in [0.1, 0.15) is 18.1 Å². The van der Waals surface area contributed by atoms with Gasteiger partial charge < -0.3 is 31.9 Å². The molecule has 29 heavy (non-hydrogen) atoms. The molecule has 2 aliphatic rings. The van der Waals surface area contributed by atoms with Crippen molar-refractivity contribution in [1.82, 2.24) is 20.2 Å². The highest BCUT2D eigenvalue weighted by atomic mass is 16.3. The van der Waals surface area contributed by atoms with Crippen molar-refractivity contribution in [3.05, 3.63) is 0 Å². The number of nitrogens with two attached hydrogens (primary N) is 2. The first-order valence-corrected chi connectivity index (χ1v) is 9.67. The average Bonchev–Trinajstić information content (AvgIpc) is 3.32. The van der Waals surface area contributed by atoms with Crippen LogP contribution in [0.25, 0.3) is 0 Å². The maximum absolute atomic E-state index is 13.1. The SMILES string of the molecule is C[C@@H](O)[C@H](N)C(=O)N1CCCN1C(=O)N1CCC[C@H]1C(=O)N[C@H](C(N)=O)[C@@H](C)O. The van der Waals surface area contributed by atoms with E-state index in [-0.39, 0.29) is 13.1 Å². The summed E-state index contributed by atoms with van der Waals surface area (Å²) in [7, 11) is 0. The molecule has 12 nitrogen and oxygen atoms in total. The molecule has 0 radical (unpaired) electrons. The van der Waals surface area contributed by atoms with E-state index in [0.717, 1.165) is 0 Å². The van der Waals surface area contributed by atoms with E-state index < -0.39 is 54.1 Å². The second-order valence-corrected chi connectivity index (χ2v) is 7.47. The Kier molecular flexibility index (Phi) is 7.38. The first-order chi connectivity index (χ1) is 13.6. The molecule has 0 aromatic rings. The summed E-state index contributed by atoms with van der Waals surface area (Å²) < 4.78 is 0. The third kappa shape index (κ3) is 4.95. The Balaban J connectivity index is 2.11. The topological polar surface area (TPSA) is 183 Å². The number of primary amides is 1. The molecular weight excluding hydrogens is 384 g/mol. The lowest BCUT2D eigenvalue weighted by Crippen LogP contribution is -2.60. The first-order valence-electron chi connectivity index (χ1n) is 9.67. The van der Waals surface area contributed by atoms with Gasteiger partial charge in [-0.05, 0) is 33.1 Å². The lowest BCUT2D eigenvalue weighted by Gasteiger charge is -2.35. The summed E-state index contributed by atoms with van der Waals surface area (Å²) in [4.78, 5) is 50.9. The van der Waals surface area contributed by atoms with Crippen LogP contribution in [-0.4, -0.2) is 98.9 Å². The van der Waals surface area contributed by atoms with Crippen LogP contribution in [0.4, 0.5) is 4.79 Å². The summed E-state index contributed by atoms with van der Waals surface area (Å²) in [6, 6.07) is -3.82. The fraction of sp³-hybridized carbons (Fsp3) is 0.765. The molecule has 0 aromatic heterocycles. The number of aliphatic hydroxyl groups excluding tert-OH is 2. The van der Waals surface area contributed by atoms with Gasteiger partial charge in [0.15, 0.2) is 0 Å². The maximum atomic E-state index is 13.1. The molecule has 7 N–H and O–H groups in total. The molecule has 12 heteroatoms. The van der Waals surface area contributed by atoms with Crippen LogP contribution in [0.2, 0.25) is 0 Å². The molecule has 2 rings (SSSR count). The predicted molar refractivity (Wildman–Crippen MR) is 101 cm³/mol. The third-order valence-electron chi connectivity index (χ3n) is 5.20. The van der Waals surface area contributed by atoms with Gasteiger partial charge in [-0.2, -0.15) is 0 Å². The van der Waals surface area contributed by atoms with E-state index in [1.165, 1.54) is 28.8 Å². The highest BCUT2D eigenvalue weighted by Crippen LogP contribution is 2.23. The second-order valence-electron chi connectivity index (χ2n) is 7.47. The van der Waals surface area contributed by atoms with E-state index in [4.69, 9.17) is 11.5 Å². The first kappa shape index (κ1) is 22.8. The van der Waals surface area contributed by atoms with Crippen molar-refractivity contribution < 1.29 is 29.4 Å². The van der Waals surface area contributed by atoms with Gasteiger partial charge in [0, 0.05) is 19.6 Å². The van der Waals surface area contributed by atoms with Crippen LogP contribution in [0, 0.1) is 0 Å². The van der Waals surface area contributed by atoms with E-state index in [1.807, 2.05) is 0 Å². The van der Waals surface area contributed by atoms with E-state index in [0.29, 0.717) is 25.8 Å². The Morgan fingerprint density at radius 1 is 1.00 bits per heavy atom. The molecular formula is C17H30N6O6. The van der Waals surface area contributed by atoms with Crippen LogP contribution < -0.4 is 16.8 Å². The number of hydrogen-bond donors (Lipinski definition) is 5. The largest absolute Gasteiger partial charge is 0.391 e. The van der Waals surface area contributed by atoms with Gasteiger partial charge in [-0.25, -0.2) is 14.8 Å². The minimum absolute atomic E-state index is 0.277. The monoisotopic (exact) mass is 414 g/mol. The molecule has 2 heterocycles. The number of nitrogens with one attached hydrogen (secondary N) is 1. The zero-order valence-electron chi connectivity index (χ0n) is 16.7. The summed E-state index contributed by atoms with van der Waals surface area (Å²) >= 11 is 0. The average molecular weight is 414 g/mol. The zero-order valence-corrected chi connectivity index (χ0v) is 16.7.